The van der Waals surface area contributed by atoms with Crippen LogP contribution >= 0.6 is 0 Å². The van der Waals surface area contributed by atoms with Gasteiger partial charge in [0.1, 0.15) is 0 Å². The molecule has 0 bridgehead atoms. The molecule has 0 amide bonds. The van der Waals surface area contributed by atoms with Gasteiger partial charge in [0.05, 0.1) is 10.1 Å². The van der Waals surface area contributed by atoms with Gasteiger partial charge in [0, 0.05) is 5.25 Å². The fraction of sp³-hybridized carbons (Fsp3) is 1.00. The Balaban J connectivity index is -0.000000563. The Morgan fingerprint density at radius 1 is 0.516 bits per heavy atom. The topological polar surface area (TPSA) is 57.2 Å². The zero-order chi connectivity index (χ0) is 20.2. The summed E-state index contributed by atoms with van der Waals surface area (Å²) in [6, 6.07) is 0. The number of rotatable bonds is 21. The second kappa shape index (κ2) is 30.9. The maximum atomic E-state index is 11.5. The molecule has 3 nitrogen and oxygen atoms in total. The minimum Gasteiger partial charge on any atom is -0.748 e. The molecule has 0 radical (unpaired) electrons. The Kier molecular flexibility index (Phi) is 42.0. The normalized spacial score (nSPS) is 10.6. The van der Waals surface area contributed by atoms with Crippen molar-refractivity contribution in [3.05, 3.63) is 0 Å². The van der Waals surface area contributed by atoms with Crippen molar-refractivity contribution in [3.8, 4) is 0 Å². The molecule has 0 atom stereocenters. The fourth-order valence-corrected chi connectivity index (χ4v) is 4.71. The minimum atomic E-state index is -4.13. The number of unbranched alkanes of at least 4 members (excludes halogenated alkanes) is 16. The van der Waals surface area contributed by atoms with Gasteiger partial charge in [0.25, 0.3) is 0 Å². The Morgan fingerprint density at radius 2 is 0.742 bits per heavy atom. The van der Waals surface area contributed by atoms with Crippen molar-refractivity contribution in [2.24, 2.45) is 0 Å². The Bertz CT molecular complexity index is 377. The largest absolute Gasteiger partial charge is 1.00 e. The molecular formula is C26H59NaO3S. The number of hydrogen-bond acceptors (Lipinski definition) is 3. The van der Waals surface area contributed by atoms with Crippen LogP contribution in [0.15, 0.2) is 0 Å². The molecule has 0 aliphatic carbocycles. The molecule has 0 unspecified atom stereocenters. The van der Waals surface area contributed by atoms with Crippen LogP contribution in [0, 0.1) is 0 Å². The monoisotopic (exact) mass is 474 g/mol. The molecule has 0 aromatic rings. The van der Waals surface area contributed by atoms with Crippen molar-refractivity contribution in [2.45, 2.75) is 170 Å². The van der Waals surface area contributed by atoms with Gasteiger partial charge in [-0.3, -0.25) is 0 Å². The molecule has 0 rings (SSSR count). The summed E-state index contributed by atoms with van der Waals surface area (Å²) >= 11 is 0. The van der Waals surface area contributed by atoms with Gasteiger partial charge >= 0.3 is 29.6 Å². The van der Waals surface area contributed by atoms with E-state index in [1.54, 1.807) is 0 Å². The molecular weight excluding hydrogens is 415 g/mol. The van der Waals surface area contributed by atoms with Crippen LogP contribution in [-0.2, 0) is 10.1 Å². The van der Waals surface area contributed by atoms with Crippen LogP contribution in [0.2, 0.25) is 0 Å². The molecule has 31 heavy (non-hydrogen) atoms. The molecule has 188 valence electrons. The summed E-state index contributed by atoms with van der Waals surface area (Å²) in [7, 11) is -4.13. The van der Waals surface area contributed by atoms with Gasteiger partial charge in [0.2, 0.25) is 0 Å². The summed E-state index contributed by atoms with van der Waals surface area (Å²) in [4.78, 5) is 0. The van der Waals surface area contributed by atoms with E-state index in [0.29, 0.717) is 12.8 Å². The molecule has 0 saturated carbocycles. The predicted octanol–water partition coefficient (Wildman–Crippen LogP) is 6.65. The Labute approximate surface area is 221 Å². The van der Waals surface area contributed by atoms with Gasteiger partial charge in [0.15, 0.2) is 0 Å². The third-order valence-corrected chi connectivity index (χ3v) is 6.96. The van der Waals surface area contributed by atoms with Crippen molar-refractivity contribution in [1.29, 1.82) is 0 Å². The predicted molar refractivity (Wildman–Crippen MR) is 137 cm³/mol. The molecule has 0 aromatic heterocycles. The van der Waals surface area contributed by atoms with Gasteiger partial charge in [-0.25, -0.2) is 8.42 Å². The number of hydrogen-bond donors (Lipinski definition) is 0. The molecule has 0 saturated heterocycles. The molecule has 5 heteroatoms. The zero-order valence-corrected chi connectivity index (χ0v) is 22.2. The van der Waals surface area contributed by atoms with Gasteiger partial charge in [-0.05, 0) is 12.8 Å². The summed E-state index contributed by atoms with van der Waals surface area (Å²) in [6.45, 7) is 4.46. The standard InChI is InChI=1S/C23H48O3S.3CH4.Na/c1-3-5-7-9-11-13-15-17-19-21-23(27(24,25)26)22-20-18-16-14-12-10-8-6-4-2;;;;/h23H,3-22H2,1-2H3,(H,24,25,26);3*1H4;/q;;;;+1/p-1. The van der Waals surface area contributed by atoms with E-state index in [4.69, 9.17) is 0 Å². The summed E-state index contributed by atoms with van der Waals surface area (Å²) in [5, 5.41) is -0.647. The smallest absolute Gasteiger partial charge is 0.748 e. The van der Waals surface area contributed by atoms with E-state index < -0.39 is 15.4 Å². The van der Waals surface area contributed by atoms with E-state index in [9.17, 15) is 13.0 Å². The van der Waals surface area contributed by atoms with E-state index in [1.165, 1.54) is 89.9 Å². The third-order valence-electron chi connectivity index (χ3n) is 5.67. The summed E-state index contributed by atoms with van der Waals surface area (Å²) < 4.78 is 34.5. The SMILES string of the molecule is C.C.C.CCCCCCCCCCCC(CCCCCCCCCCC)S(=O)(=O)[O-].[Na+]. The summed E-state index contributed by atoms with van der Waals surface area (Å²) in [5.74, 6) is 0. The van der Waals surface area contributed by atoms with Crippen molar-refractivity contribution in [1.82, 2.24) is 0 Å². The van der Waals surface area contributed by atoms with E-state index >= 15 is 0 Å². The fourth-order valence-electron chi connectivity index (χ4n) is 3.80. The molecule has 0 spiro atoms. The van der Waals surface area contributed by atoms with Gasteiger partial charge in [-0.1, -0.05) is 152 Å². The second-order valence-corrected chi connectivity index (χ2v) is 10.0. The summed E-state index contributed by atoms with van der Waals surface area (Å²) in [6.07, 6.45) is 23.0. The molecule has 0 aliphatic rings. The van der Waals surface area contributed by atoms with Crippen molar-refractivity contribution < 1.29 is 42.5 Å². The second-order valence-electron chi connectivity index (χ2n) is 8.35. The van der Waals surface area contributed by atoms with Crippen molar-refractivity contribution >= 4 is 10.1 Å². The van der Waals surface area contributed by atoms with Crippen LogP contribution in [0.1, 0.15) is 165 Å². The molecule has 0 fully saturated rings. The van der Waals surface area contributed by atoms with Crippen molar-refractivity contribution in [3.63, 3.8) is 0 Å². The van der Waals surface area contributed by atoms with E-state index in [1.807, 2.05) is 0 Å². The molecule has 0 N–H and O–H groups in total. The first-order valence-corrected chi connectivity index (χ1v) is 13.4. The van der Waals surface area contributed by atoms with Crippen molar-refractivity contribution in [2.75, 3.05) is 0 Å². The first kappa shape index (κ1) is 42.1. The van der Waals surface area contributed by atoms with E-state index in [2.05, 4.69) is 13.8 Å². The van der Waals surface area contributed by atoms with Crippen LogP contribution < -0.4 is 29.6 Å². The first-order chi connectivity index (χ1) is 13.0. The van der Waals surface area contributed by atoms with Crippen LogP contribution in [-0.4, -0.2) is 18.2 Å². The van der Waals surface area contributed by atoms with Gasteiger partial charge in [-0.2, -0.15) is 0 Å². The first-order valence-electron chi connectivity index (χ1n) is 12.0. The average molecular weight is 475 g/mol. The third kappa shape index (κ3) is 30.9. The Morgan fingerprint density at radius 3 is 0.968 bits per heavy atom. The average Bonchev–Trinajstić information content (AvgIpc) is 2.62. The summed E-state index contributed by atoms with van der Waals surface area (Å²) in [5.41, 5.74) is 0. The Hall–Kier alpha value is 0.910. The zero-order valence-electron chi connectivity index (χ0n) is 19.4. The van der Waals surface area contributed by atoms with E-state index in [0.717, 1.165) is 25.7 Å². The molecule has 0 aromatic carbocycles. The minimum absolute atomic E-state index is 0. The maximum absolute atomic E-state index is 11.5. The maximum Gasteiger partial charge on any atom is 1.00 e. The van der Waals surface area contributed by atoms with Gasteiger partial charge < -0.3 is 4.55 Å². The molecule has 0 heterocycles. The van der Waals surface area contributed by atoms with Gasteiger partial charge in [-0.15, -0.1) is 0 Å². The quantitative estimate of drug-likeness (QED) is 0.106. The van der Waals surface area contributed by atoms with E-state index in [-0.39, 0.29) is 51.8 Å². The van der Waals surface area contributed by atoms with Crippen LogP contribution in [0.5, 0.6) is 0 Å². The molecule has 0 aliphatic heterocycles. The van der Waals surface area contributed by atoms with Crippen LogP contribution in [0.25, 0.3) is 0 Å². The van der Waals surface area contributed by atoms with Crippen LogP contribution in [0.3, 0.4) is 0 Å². The van der Waals surface area contributed by atoms with Crippen LogP contribution in [0.4, 0.5) is 0 Å².